The number of allylic oxidation sites excluding steroid dienone is 2. The standard InChI is InChI=1S/C19H15NO5/c21-17-14-4-1-2-5-15(14)18(22)20(17)12-7-9-13(10-8-12)25-19(23)16-6-3-11-24-16/h1-3,6-11,14-15H,4-5H2/t14-,15-/m0/s1. The fourth-order valence-electron chi connectivity index (χ4n) is 3.27. The molecule has 1 aliphatic carbocycles. The fourth-order valence-corrected chi connectivity index (χ4v) is 3.27. The Balaban J connectivity index is 1.51. The number of amides is 2. The number of esters is 1. The van der Waals surface area contributed by atoms with E-state index in [4.69, 9.17) is 9.15 Å². The second-order valence-electron chi connectivity index (χ2n) is 6.03. The summed E-state index contributed by atoms with van der Waals surface area (Å²) in [5.41, 5.74) is 0.488. The van der Waals surface area contributed by atoms with Gasteiger partial charge in [0.1, 0.15) is 5.75 Å². The maximum absolute atomic E-state index is 12.5. The van der Waals surface area contributed by atoms with Gasteiger partial charge in [-0.25, -0.2) is 4.79 Å². The van der Waals surface area contributed by atoms with Gasteiger partial charge in [-0.05, 0) is 49.2 Å². The number of carbonyl (C=O) groups is 3. The Morgan fingerprint density at radius 3 is 2.20 bits per heavy atom. The first kappa shape index (κ1) is 15.4. The average Bonchev–Trinajstić information content (AvgIpc) is 3.25. The number of fused-ring (bicyclic) bond motifs is 1. The number of rotatable bonds is 3. The number of nitrogens with zero attached hydrogens (tertiary/aromatic N) is 1. The van der Waals surface area contributed by atoms with Crippen molar-refractivity contribution in [3.8, 4) is 5.75 Å². The Kier molecular flexibility index (Phi) is 3.72. The normalized spacial score (nSPS) is 22.2. The van der Waals surface area contributed by atoms with Gasteiger partial charge in [0.25, 0.3) is 0 Å². The van der Waals surface area contributed by atoms with Gasteiger partial charge in [0, 0.05) is 0 Å². The summed E-state index contributed by atoms with van der Waals surface area (Å²) in [6.07, 6.45) is 6.49. The molecule has 0 bridgehead atoms. The van der Waals surface area contributed by atoms with Crippen LogP contribution < -0.4 is 9.64 Å². The Labute approximate surface area is 143 Å². The van der Waals surface area contributed by atoms with E-state index < -0.39 is 5.97 Å². The number of hydrogen-bond donors (Lipinski definition) is 0. The number of imide groups is 1. The lowest BCUT2D eigenvalue weighted by molar-refractivity contribution is -0.122. The molecule has 2 aliphatic rings. The van der Waals surface area contributed by atoms with E-state index in [1.165, 1.54) is 17.2 Å². The molecule has 1 aromatic carbocycles. The molecule has 4 rings (SSSR count). The monoisotopic (exact) mass is 337 g/mol. The Bertz CT molecular complexity index is 824. The van der Waals surface area contributed by atoms with E-state index in [1.807, 2.05) is 12.2 Å². The first-order chi connectivity index (χ1) is 12.1. The first-order valence-corrected chi connectivity index (χ1v) is 8.03. The molecule has 1 aromatic heterocycles. The van der Waals surface area contributed by atoms with Crippen LogP contribution in [0.4, 0.5) is 5.69 Å². The summed E-state index contributed by atoms with van der Waals surface area (Å²) in [5, 5.41) is 0. The summed E-state index contributed by atoms with van der Waals surface area (Å²) in [5.74, 6) is -1.07. The van der Waals surface area contributed by atoms with E-state index in [-0.39, 0.29) is 29.4 Å². The van der Waals surface area contributed by atoms with Gasteiger partial charge in [-0.2, -0.15) is 0 Å². The number of ether oxygens (including phenoxy) is 1. The Morgan fingerprint density at radius 2 is 1.64 bits per heavy atom. The van der Waals surface area contributed by atoms with Crippen molar-refractivity contribution < 1.29 is 23.5 Å². The van der Waals surface area contributed by atoms with Crippen LogP contribution in [0.3, 0.4) is 0 Å². The van der Waals surface area contributed by atoms with Crippen LogP contribution in [0.25, 0.3) is 0 Å². The highest BCUT2D eigenvalue weighted by molar-refractivity contribution is 6.22. The lowest BCUT2D eigenvalue weighted by Gasteiger charge is -2.15. The minimum atomic E-state index is -0.608. The third-order valence-corrected chi connectivity index (χ3v) is 4.54. The van der Waals surface area contributed by atoms with E-state index >= 15 is 0 Å². The van der Waals surface area contributed by atoms with Crippen molar-refractivity contribution in [1.29, 1.82) is 0 Å². The van der Waals surface area contributed by atoms with E-state index in [0.717, 1.165) is 0 Å². The van der Waals surface area contributed by atoms with Crippen molar-refractivity contribution in [2.75, 3.05) is 4.90 Å². The van der Waals surface area contributed by atoms with Crippen LogP contribution in [-0.4, -0.2) is 17.8 Å². The minimum absolute atomic E-state index is 0.102. The molecule has 1 aliphatic heterocycles. The predicted octanol–water partition coefficient (Wildman–Crippen LogP) is 2.95. The maximum atomic E-state index is 12.5. The molecule has 2 aromatic rings. The summed E-state index contributed by atoms with van der Waals surface area (Å²) >= 11 is 0. The third-order valence-electron chi connectivity index (χ3n) is 4.54. The molecule has 0 N–H and O–H groups in total. The van der Waals surface area contributed by atoms with Gasteiger partial charge >= 0.3 is 5.97 Å². The number of carbonyl (C=O) groups excluding carboxylic acids is 3. The summed E-state index contributed by atoms with van der Waals surface area (Å²) in [6, 6.07) is 9.41. The Hall–Kier alpha value is -3.15. The highest BCUT2D eigenvalue weighted by Crippen LogP contribution is 2.37. The second kappa shape index (κ2) is 6.05. The van der Waals surface area contributed by atoms with Gasteiger partial charge in [-0.1, -0.05) is 12.2 Å². The second-order valence-corrected chi connectivity index (χ2v) is 6.03. The molecule has 1 saturated heterocycles. The van der Waals surface area contributed by atoms with Gasteiger partial charge in [0.05, 0.1) is 23.8 Å². The molecule has 0 saturated carbocycles. The van der Waals surface area contributed by atoms with Crippen LogP contribution in [0.1, 0.15) is 23.4 Å². The fraction of sp³-hybridized carbons (Fsp3) is 0.211. The molecule has 126 valence electrons. The lowest BCUT2D eigenvalue weighted by atomic mass is 9.85. The highest BCUT2D eigenvalue weighted by atomic mass is 16.5. The molecule has 0 radical (unpaired) electrons. The van der Waals surface area contributed by atoms with Crippen molar-refractivity contribution in [2.45, 2.75) is 12.8 Å². The molecule has 0 spiro atoms. The summed E-state index contributed by atoms with van der Waals surface area (Å²) in [7, 11) is 0. The minimum Gasteiger partial charge on any atom is -0.457 e. The topological polar surface area (TPSA) is 76.8 Å². The molecule has 6 heteroatoms. The van der Waals surface area contributed by atoms with Crippen molar-refractivity contribution in [2.24, 2.45) is 11.8 Å². The number of benzene rings is 1. The van der Waals surface area contributed by atoms with E-state index in [9.17, 15) is 14.4 Å². The van der Waals surface area contributed by atoms with Crippen molar-refractivity contribution in [3.63, 3.8) is 0 Å². The van der Waals surface area contributed by atoms with Crippen molar-refractivity contribution >= 4 is 23.5 Å². The van der Waals surface area contributed by atoms with Crippen LogP contribution in [0.5, 0.6) is 5.75 Å². The summed E-state index contributed by atoms with van der Waals surface area (Å²) in [4.78, 5) is 38.2. The van der Waals surface area contributed by atoms with E-state index in [1.54, 1.807) is 30.3 Å². The smallest absolute Gasteiger partial charge is 0.379 e. The van der Waals surface area contributed by atoms with Crippen LogP contribution in [-0.2, 0) is 9.59 Å². The van der Waals surface area contributed by atoms with Crippen molar-refractivity contribution in [1.82, 2.24) is 0 Å². The summed E-state index contributed by atoms with van der Waals surface area (Å²) < 4.78 is 10.2. The quantitative estimate of drug-likeness (QED) is 0.372. The molecule has 0 unspecified atom stereocenters. The van der Waals surface area contributed by atoms with E-state index in [2.05, 4.69) is 0 Å². The largest absolute Gasteiger partial charge is 0.457 e. The molecule has 2 heterocycles. The SMILES string of the molecule is O=C(Oc1ccc(N2C(=O)[C@H]3CC=CC[C@@H]3C2=O)cc1)c1ccco1. The molecular weight excluding hydrogens is 322 g/mol. The number of furan rings is 1. The van der Waals surface area contributed by atoms with Crippen LogP contribution in [0, 0.1) is 11.8 Å². The zero-order chi connectivity index (χ0) is 17.4. The average molecular weight is 337 g/mol. The highest BCUT2D eigenvalue weighted by Gasteiger charge is 2.47. The van der Waals surface area contributed by atoms with Gasteiger partial charge in [-0.15, -0.1) is 0 Å². The molecule has 2 amide bonds. The maximum Gasteiger partial charge on any atom is 0.379 e. The molecule has 2 atom stereocenters. The third kappa shape index (κ3) is 2.65. The van der Waals surface area contributed by atoms with E-state index in [0.29, 0.717) is 24.3 Å². The lowest BCUT2D eigenvalue weighted by Crippen LogP contribution is -2.30. The van der Waals surface area contributed by atoms with Crippen molar-refractivity contribution in [3.05, 3.63) is 60.6 Å². The summed E-state index contributed by atoms with van der Waals surface area (Å²) in [6.45, 7) is 0. The predicted molar refractivity (Wildman–Crippen MR) is 88.0 cm³/mol. The zero-order valence-corrected chi connectivity index (χ0v) is 13.3. The van der Waals surface area contributed by atoms with Gasteiger partial charge in [0.15, 0.2) is 0 Å². The van der Waals surface area contributed by atoms with Gasteiger partial charge in [-0.3, -0.25) is 14.5 Å². The molecular formula is C19H15NO5. The molecule has 25 heavy (non-hydrogen) atoms. The Morgan fingerprint density at radius 1 is 1.00 bits per heavy atom. The molecule has 6 nitrogen and oxygen atoms in total. The van der Waals surface area contributed by atoms with Gasteiger partial charge in [0.2, 0.25) is 17.6 Å². The van der Waals surface area contributed by atoms with Gasteiger partial charge < -0.3 is 9.15 Å². The molecule has 1 fully saturated rings. The van der Waals surface area contributed by atoms with Crippen LogP contribution in [0.2, 0.25) is 0 Å². The first-order valence-electron chi connectivity index (χ1n) is 8.03. The van der Waals surface area contributed by atoms with Crippen LogP contribution in [0.15, 0.2) is 59.2 Å². The zero-order valence-electron chi connectivity index (χ0n) is 13.3. The number of hydrogen-bond acceptors (Lipinski definition) is 5. The number of anilines is 1. The van der Waals surface area contributed by atoms with Crippen LogP contribution >= 0.6 is 0 Å².